The second-order valence-corrected chi connectivity index (χ2v) is 7.03. The lowest BCUT2D eigenvalue weighted by Gasteiger charge is -2.37. The number of hydrogen-bond acceptors (Lipinski definition) is 6. The fourth-order valence-corrected chi connectivity index (χ4v) is 3.61. The number of benzene rings is 1. The molecule has 1 aromatic carbocycles. The van der Waals surface area contributed by atoms with Crippen molar-refractivity contribution in [3.63, 3.8) is 0 Å². The second kappa shape index (κ2) is 9.39. The fraction of sp³-hybridized carbons (Fsp3) is 0.409. The maximum Gasteiger partial charge on any atom is 0.337 e. The minimum absolute atomic E-state index is 0.0464. The number of aliphatic carboxylic acids is 1. The molecule has 0 aliphatic carbocycles. The number of hydrogen-bond donors (Lipinski definition) is 1. The zero-order chi connectivity index (χ0) is 21.7. The minimum atomic E-state index is -1.15. The molecule has 2 rings (SSSR count). The predicted octanol–water partition coefficient (Wildman–Crippen LogP) is 3.19. The summed E-state index contributed by atoms with van der Waals surface area (Å²) in [6, 6.07) is 8.83. The molecule has 1 unspecified atom stereocenters. The SMILES string of the molecule is COCCN1C(C)=C(C(=O)O)C(c2ccccc2C#N)C(C(=O)OC(C)C)=C1C. The van der Waals surface area contributed by atoms with Gasteiger partial charge in [-0.15, -0.1) is 0 Å². The van der Waals surface area contributed by atoms with Gasteiger partial charge in [0.05, 0.1) is 41.4 Å². The average Bonchev–Trinajstić information content (AvgIpc) is 2.66. The van der Waals surface area contributed by atoms with Gasteiger partial charge in [-0.1, -0.05) is 18.2 Å². The Morgan fingerprint density at radius 3 is 2.38 bits per heavy atom. The lowest BCUT2D eigenvalue weighted by molar-refractivity contribution is -0.143. The molecule has 0 saturated heterocycles. The number of carbonyl (C=O) groups is 2. The van der Waals surface area contributed by atoms with Gasteiger partial charge in [-0.25, -0.2) is 9.59 Å². The quantitative estimate of drug-likeness (QED) is 0.704. The smallest absolute Gasteiger partial charge is 0.337 e. The molecule has 0 radical (unpaired) electrons. The normalized spacial score (nSPS) is 16.9. The molecule has 0 amide bonds. The van der Waals surface area contributed by atoms with Crippen molar-refractivity contribution < 1.29 is 24.2 Å². The zero-order valence-corrected chi connectivity index (χ0v) is 17.4. The monoisotopic (exact) mass is 398 g/mol. The van der Waals surface area contributed by atoms with E-state index in [0.717, 1.165) is 0 Å². The molecule has 7 nitrogen and oxygen atoms in total. The van der Waals surface area contributed by atoms with Gasteiger partial charge in [0.2, 0.25) is 0 Å². The summed E-state index contributed by atoms with van der Waals surface area (Å²) < 4.78 is 10.6. The molecule has 0 aromatic heterocycles. The molecule has 1 atom stereocenters. The average molecular weight is 398 g/mol. The Labute approximate surface area is 170 Å². The van der Waals surface area contributed by atoms with E-state index in [-0.39, 0.29) is 17.3 Å². The van der Waals surface area contributed by atoms with E-state index in [0.29, 0.717) is 35.7 Å². The summed E-state index contributed by atoms with van der Waals surface area (Å²) in [6.07, 6.45) is -0.373. The van der Waals surface area contributed by atoms with E-state index >= 15 is 0 Å². The zero-order valence-electron chi connectivity index (χ0n) is 17.4. The van der Waals surface area contributed by atoms with Crippen LogP contribution in [-0.2, 0) is 19.1 Å². The topological polar surface area (TPSA) is 99.9 Å². The molecule has 0 saturated carbocycles. The van der Waals surface area contributed by atoms with Gasteiger partial charge in [0.25, 0.3) is 0 Å². The van der Waals surface area contributed by atoms with Gasteiger partial charge in [-0.05, 0) is 39.3 Å². The van der Waals surface area contributed by atoms with Crippen molar-refractivity contribution in [1.82, 2.24) is 4.90 Å². The number of ether oxygens (including phenoxy) is 2. The van der Waals surface area contributed by atoms with Gasteiger partial charge >= 0.3 is 11.9 Å². The number of nitrogens with zero attached hydrogens (tertiary/aromatic N) is 2. The van der Waals surface area contributed by atoms with Crippen molar-refractivity contribution in [2.24, 2.45) is 0 Å². The molecule has 0 spiro atoms. The number of carboxylic acids is 1. The van der Waals surface area contributed by atoms with Crippen molar-refractivity contribution in [1.29, 1.82) is 5.26 Å². The van der Waals surface area contributed by atoms with Crippen molar-refractivity contribution in [3.05, 3.63) is 57.9 Å². The number of esters is 1. The van der Waals surface area contributed by atoms with E-state index in [1.54, 1.807) is 64.0 Å². The highest BCUT2D eigenvalue weighted by Crippen LogP contribution is 2.43. The molecule has 0 fully saturated rings. The molecule has 7 heteroatoms. The first-order chi connectivity index (χ1) is 13.7. The maximum absolute atomic E-state index is 13.1. The van der Waals surface area contributed by atoms with Crippen molar-refractivity contribution in [2.75, 3.05) is 20.3 Å². The van der Waals surface area contributed by atoms with Crippen LogP contribution in [0.25, 0.3) is 0 Å². The molecule has 154 valence electrons. The summed E-state index contributed by atoms with van der Waals surface area (Å²) in [7, 11) is 1.56. The number of nitriles is 1. The number of rotatable bonds is 7. The molecule has 1 aliphatic heterocycles. The van der Waals surface area contributed by atoms with Crippen LogP contribution in [0.4, 0.5) is 0 Å². The first-order valence-corrected chi connectivity index (χ1v) is 9.35. The third kappa shape index (κ3) is 4.49. The van der Waals surface area contributed by atoms with Crippen LogP contribution in [0.3, 0.4) is 0 Å². The van der Waals surface area contributed by atoms with Gasteiger partial charge in [0.1, 0.15) is 0 Å². The number of carbonyl (C=O) groups excluding carboxylic acids is 1. The van der Waals surface area contributed by atoms with Gasteiger partial charge in [-0.3, -0.25) is 0 Å². The van der Waals surface area contributed by atoms with E-state index in [1.165, 1.54) is 0 Å². The molecule has 1 aliphatic rings. The second-order valence-electron chi connectivity index (χ2n) is 7.03. The van der Waals surface area contributed by atoms with Crippen LogP contribution in [0.5, 0.6) is 0 Å². The Morgan fingerprint density at radius 1 is 1.21 bits per heavy atom. The highest BCUT2D eigenvalue weighted by atomic mass is 16.5. The van der Waals surface area contributed by atoms with Crippen LogP contribution in [0.15, 0.2) is 46.8 Å². The standard InChI is InChI=1S/C22H26N2O5/c1-13(2)29-22(27)19-15(4)24(10-11-28-5)14(3)18(21(25)26)20(19)17-9-7-6-8-16(17)12-23/h6-9,13,20H,10-11H2,1-5H3,(H,25,26). The van der Waals surface area contributed by atoms with Crippen LogP contribution >= 0.6 is 0 Å². The predicted molar refractivity (Wildman–Crippen MR) is 107 cm³/mol. The molecular formula is C22H26N2O5. The first kappa shape index (κ1) is 22.2. The summed E-state index contributed by atoms with van der Waals surface area (Å²) >= 11 is 0. The third-order valence-electron chi connectivity index (χ3n) is 4.87. The molecule has 1 aromatic rings. The summed E-state index contributed by atoms with van der Waals surface area (Å²) in [4.78, 5) is 27.1. The lowest BCUT2D eigenvalue weighted by atomic mass is 9.78. The fourth-order valence-electron chi connectivity index (χ4n) is 3.61. The third-order valence-corrected chi connectivity index (χ3v) is 4.87. The highest BCUT2D eigenvalue weighted by molar-refractivity contribution is 5.99. The van der Waals surface area contributed by atoms with E-state index < -0.39 is 17.9 Å². The summed E-state index contributed by atoms with van der Waals surface area (Å²) in [5, 5.41) is 19.6. The summed E-state index contributed by atoms with van der Waals surface area (Å²) in [6.45, 7) is 7.67. The van der Waals surface area contributed by atoms with Gasteiger partial charge < -0.3 is 19.5 Å². The van der Waals surface area contributed by atoms with E-state index in [9.17, 15) is 20.0 Å². The van der Waals surface area contributed by atoms with E-state index in [2.05, 4.69) is 6.07 Å². The van der Waals surface area contributed by atoms with E-state index in [4.69, 9.17) is 9.47 Å². The number of methoxy groups -OCH3 is 1. The van der Waals surface area contributed by atoms with Crippen LogP contribution < -0.4 is 0 Å². The van der Waals surface area contributed by atoms with Crippen molar-refractivity contribution >= 4 is 11.9 Å². The Hall–Kier alpha value is -3.11. The Bertz CT molecular complexity index is 908. The number of allylic oxidation sites excluding steroid dienone is 2. The van der Waals surface area contributed by atoms with Crippen LogP contribution in [0, 0.1) is 11.3 Å². The maximum atomic E-state index is 13.1. The van der Waals surface area contributed by atoms with Crippen molar-refractivity contribution in [3.8, 4) is 6.07 Å². The van der Waals surface area contributed by atoms with E-state index in [1.807, 2.05) is 0 Å². The molecule has 0 bridgehead atoms. The van der Waals surface area contributed by atoms with Gasteiger partial charge in [0.15, 0.2) is 0 Å². The Balaban J connectivity index is 2.79. The van der Waals surface area contributed by atoms with Crippen molar-refractivity contribution in [2.45, 2.75) is 39.7 Å². The Kier molecular flexibility index (Phi) is 7.18. The van der Waals surface area contributed by atoms with Crippen LogP contribution in [-0.4, -0.2) is 48.3 Å². The highest BCUT2D eigenvalue weighted by Gasteiger charge is 2.40. The summed E-state index contributed by atoms with van der Waals surface area (Å²) in [5.74, 6) is -2.65. The first-order valence-electron chi connectivity index (χ1n) is 9.35. The lowest BCUT2D eigenvalue weighted by Crippen LogP contribution is -2.37. The van der Waals surface area contributed by atoms with Crippen LogP contribution in [0.1, 0.15) is 44.7 Å². The van der Waals surface area contributed by atoms with Gasteiger partial charge in [0, 0.05) is 25.0 Å². The molecule has 1 heterocycles. The molecule has 1 N–H and O–H groups in total. The summed E-state index contributed by atoms with van der Waals surface area (Å²) in [5.41, 5.74) is 2.15. The minimum Gasteiger partial charge on any atom is -0.478 e. The van der Waals surface area contributed by atoms with Gasteiger partial charge in [-0.2, -0.15) is 5.26 Å². The Morgan fingerprint density at radius 2 is 1.83 bits per heavy atom. The number of carboxylic acid groups (broad SMARTS) is 1. The molecular weight excluding hydrogens is 372 g/mol. The molecule has 29 heavy (non-hydrogen) atoms. The largest absolute Gasteiger partial charge is 0.478 e. The van der Waals surface area contributed by atoms with Crippen LogP contribution in [0.2, 0.25) is 0 Å².